The highest BCUT2D eigenvalue weighted by Crippen LogP contribution is 2.54. The van der Waals surface area contributed by atoms with Crippen molar-refractivity contribution in [2.24, 2.45) is 23.7 Å². The summed E-state index contributed by atoms with van der Waals surface area (Å²) in [7, 11) is 0. The van der Waals surface area contributed by atoms with Crippen molar-refractivity contribution in [3.8, 4) is 0 Å². The van der Waals surface area contributed by atoms with E-state index in [2.05, 4.69) is 28.2 Å². The molecule has 92 valence electrons. The van der Waals surface area contributed by atoms with Gasteiger partial charge in [0.2, 0.25) is 5.91 Å². The number of carbonyl (C=O) groups is 1. The van der Waals surface area contributed by atoms with Crippen molar-refractivity contribution >= 4 is 21.8 Å². The number of halogens is 1. The molecule has 0 aromatic rings. The summed E-state index contributed by atoms with van der Waals surface area (Å²) in [5.74, 6) is 3.10. The van der Waals surface area contributed by atoms with Gasteiger partial charge in [-0.25, -0.2) is 0 Å². The highest BCUT2D eigenvalue weighted by atomic mass is 79.9. The third kappa shape index (κ3) is 2.99. The first-order valence-corrected chi connectivity index (χ1v) is 7.70. The fraction of sp³-hybridized carbons (Fsp3) is 0.923. The van der Waals surface area contributed by atoms with Gasteiger partial charge in [-0.1, -0.05) is 29.3 Å². The normalized spacial score (nSPS) is 33.2. The van der Waals surface area contributed by atoms with Crippen LogP contribution < -0.4 is 5.32 Å². The minimum atomic E-state index is 0.320. The SMILES string of the molecule is CCC(CCBr)CNC(=O)C1CC2CC2C1. The number of carbonyl (C=O) groups excluding carboxylic acids is 1. The minimum Gasteiger partial charge on any atom is -0.356 e. The fourth-order valence-electron chi connectivity index (χ4n) is 2.92. The molecule has 2 aliphatic carbocycles. The Kier molecular flexibility index (Phi) is 4.28. The van der Waals surface area contributed by atoms with Crippen LogP contribution in [0.2, 0.25) is 0 Å². The Morgan fingerprint density at radius 1 is 1.38 bits per heavy atom. The summed E-state index contributed by atoms with van der Waals surface area (Å²) < 4.78 is 0. The van der Waals surface area contributed by atoms with Gasteiger partial charge in [0.05, 0.1) is 0 Å². The highest BCUT2D eigenvalue weighted by molar-refractivity contribution is 9.09. The monoisotopic (exact) mass is 287 g/mol. The van der Waals surface area contributed by atoms with Crippen molar-refractivity contribution in [3.05, 3.63) is 0 Å². The molecule has 1 amide bonds. The maximum absolute atomic E-state index is 11.9. The van der Waals surface area contributed by atoms with E-state index in [-0.39, 0.29) is 0 Å². The Labute approximate surface area is 107 Å². The van der Waals surface area contributed by atoms with E-state index >= 15 is 0 Å². The summed E-state index contributed by atoms with van der Waals surface area (Å²) in [4.78, 5) is 11.9. The van der Waals surface area contributed by atoms with Crippen LogP contribution in [-0.4, -0.2) is 17.8 Å². The number of rotatable bonds is 6. The van der Waals surface area contributed by atoms with Gasteiger partial charge in [-0.05, 0) is 43.4 Å². The lowest BCUT2D eigenvalue weighted by Gasteiger charge is -2.17. The Morgan fingerprint density at radius 3 is 2.62 bits per heavy atom. The molecule has 0 aliphatic heterocycles. The summed E-state index contributed by atoms with van der Waals surface area (Å²) >= 11 is 3.47. The van der Waals surface area contributed by atoms with Crippen LogP contribution in [0.25, 0.3) is 0 Å². The molecule has 3 heteroatoms. The highest BCUT2D eigenvalue weighted by Gasteiger charge is 2.47. The van der Waals surface area contributed by atoms with Crippen molar-refractivity contribution in [3.63, 3.8) is 0 Å². The molecule has 2 fully saturated rings. The van der Waals surface area contributed by atoms with Crippen LogP contribution in [0.1, 0.15) is 39.0 Å². The second kappa shape index (κ2) is 5.52. The molecule has 0 aromatic heterocycles. The molecule has 2 saturated carbocycles. The molecule has 16 heavy (non-hydrogen) atoms. The third-order valence-electron chi connectivity index (χ3n) is 4.27. The predicted octanol–water partition coefficient (Wildman–Crippen LogP) is 2.96. The van der Waals surface area contributed by atoms with E-state index < -0.39 is 0 Å². The Balaban J connectivity index is 1.66. The number of fused-ring (bicyclic) bond motifs is 1. The largest absolute Gasteiger partial charge is 0.356 e. The van der Waals surface area contributed by atoms with Gasteiger partial charge >= 0.3 is 0 Å². The van der Waals surface area contributed by atoms with Crippen LogP contribution in [0.15, 0.2) is 0 Å². The standard InChI is InChI=1S/C13H22BrNO/c1-2-9(3-4-14)8-15-13(16)12-6-10-5-11(10)7-12/h9-12H,2-8H2,1H3,(H,15,16). The lowest BCUT2D eigenvalue weighted by Crippen LogP contribution is -2.34. The van der Waals surface area contributed by atoms with E-state index in [1.165, 1.54) is 6.42 Å². The number of nitrogens with one attached hydrogen (secondary N) is 1. The number of hydrogen-bond donors (Lipinski definition) is 1. The van der Waals surface area contributed by atoms with Gasteiger partial charge in [-0.2, -0.15) is 0 Å². The van der Waals surface area contributed by atoms with Crippen LogP contribution in [0.5, 0.6) is 0 Å². The Hall–Kier alpha value is -0.0500. The van der Waals surface area contributed by atoms with E-state index in [1.54, 1.807) is 0 Å². The lowest BCUT2D eigenvalue weighted by molar-refractivity contribution is -0.125. The van der Waals surface area contributed by atoms with Crippen molar-refractivity contribution < 1.29 is 4.79 Å². The van der Waals surface area contributed by atoms with Crippen LogP contribution >= 0.6 is 15.9 Å². The van der Waals surface area contributed by atoms with E-state index in [0.29, 0.717) is 17.7 Å². The van der Waals surface area contributed by atoms with Crippen LogP contribution in [0.4, 0.5) is 0 Å². The quantitative estimate of drug-likeness (QED) is 0.748. The summed E-state index contributed by atoms with van der Waals surface area (Å²) in [5.41, 5.74) is 0. The van der Waals surface area contributed by atoms with E-state index in [4.69, 9.17) is 0 Å². The molecular weight excluding hydrogens is 266 g/mol. The van der Waals surface area contributed by atoms with Gasteiger partial charge < -0.3 is 5.32 Å². The average molecular weight is 288 g/mol. The Morgan fingerprint density at radius 2 is 2.06 bits per heavy atom. The van der Waals surface area contributed by atoms with Gasteiger partial charge in [-0.3, -0.25) is 4.79 Å². The molecule has 3 atom stereocenters. The molecule has 1 N–H and O–H groups in total. The molecular formula is C13H22BrNO. The first-order valence-electron chi connectivity index (χ1n) is 6.58. The predicted molar refractivity (Wildman–Crippen MR) is 69.5 cm³/mol. The van der Waals surface area contributed by atoms with E-state index in [9.17, 15) is 4.79 Å². The smallest absolute Gasteiger partial charge is 0.223 e. The van der Waals surface area contributed by atoms with Crippen LogP contribution in [-0.2, 0) is 4.79 Å². The van der Waals surface area contributed by atoms with Crippen molar-refractivity contribution in [2.45, 2.75) is 39.0 Å². The van der Waals surface area contributed by atoms with Gasteiger partial charge in [0.25, 0.3) is 0 Å². The molecule has 2 rings (SSSR count). The van der Waals surface area contributed by atoms with E-state index in [0.717, 1.165) is 49.4 Å². The first kappa shape index (κ1) is 12.4. The molecule has 0 bridgehead atoms. The molecule has 0 aromatic carbocycles. The van der Waals surface area contributed by atoms with Gasteiger partial charge in [0.15, 0.2) is 0 Å². The zero-order valence-electron chi connectivity index (χ0n) is 10.0. The molecule has 2 nitrogen and oxygen atoms in total. The molecule has 0 heterocycles. The topological polar surface area (TPSA) is 29.1 Å². The fourth-order valence-corrected chi connectivity index (χ4v) is 3.57. The molecule has 0 saturated heterocycles. The zero-order valence-corrected chi connectivity index (χ0v) is 11.6. The van der Waals surface area contributed by atoms with Gasteiger partial charge in [0, 0.05) is 17.8 Å². The van der Waals surface area contributed by atoms with E-state index in [1.807, 2.05) is 0 Å². The molecule has 2 aliphatic rings. The number of amides is 1. The second-order valence-corrected chi connectivity index (χ2v) is 6.21. The van der Waals surface area contributed by atoms with Gasteiger partial charge in [-0.15, -0.1) is 0 Å². The van der Waals surface area contributed by atoms with Crippen LogP contribution in [0.3, 0.4) is 0 Å². The maximum atomic E-state index is 11.9. The van der Waals surface area contributed by atoms with Crippen molar-refractivity contribution in [1.82, 2.24) is 5.32 Å². The summed E-state index contributed by atoms with van der Waals surface area (Å²) in [6.07, 6.45) is 6.02. The average Bonchev–Trinajstić information content (AvgIpc) is 2.91. The third-order valence-corrected chi connectivity index (χ3v) is 4.73. The first-order chi connectivity index (χ1) is 7.74. The van der Waals surface area contributed by atoms with Crippen molar-refractivity contribution in [1.29, 1.82) is 0 Å². The lowest BCUT2D eigenvalue weighted by atomic mass is 10.0. The van der Waals surface area contributed by atoms with Crippen molar-refractivity contribution in [2.75, 3.05) is 11.9 Å². The maximum Gasteiger partial charge on any atom is 0.223 e. The molecule has 3 unspecified atom stereocenters. The molecule has 0 spiro atoms. The van der Waals surface area contributed by atoms with Crippen LogP contribution in [0, 0.1) is 23.7 Å². The Bertz CT molecular complexity index is 246. The number of hydrogen-bond acceptors (Lipinski definition) is 1. The van der Waals surface area contributed by atoms with Gasteiger partial charge in [0.1, 0.15) is 0 Å². The summed E-state index contributed by atoms with van der Waals surface area (Å²) in [5, 5.41) is 4.18. The second-order valence-electron chi connectivity index (χ2n) is 5.42. The zero-order chi connectivity index (χ0) is 11.5. The summed E-state index contributed by atoms with van der Waals surface area (Å²) in [6.45, 7) is 3.07. The minimum absolute atomic E-state index is 0.320. The molecule has 0 radical (unpaired) electrons. The summed E-state index contributed by atoms with van der Waals surface area (Å²) in [6, 6.07) is 0. The number of alkyl halides is 1.